The fraction of sp³-hybridized carbons (Fsp3) is 0.647. The van der Waals surface area contributed by atoms with Gasteiger partial charge in [-0.2, -0.15) is 0 Å². The molecule has 0 bridgehead atoms. The van der Waals surface area contributed by atoms with Crippen molar-refractivity contribution in [1.29, 1.82) is 0 Å². The van der Waals surface area contributed by atoms with Crippen molar-refractivity contribution in [3.05, 3.63) is 29.3 Å². The van der Waals surface area contributed by atoms with Crippen molar-refractivity contribution in [2.24, 2.45) is 5.92 Å². The maximum atomic E-state index is 9.41. The molecule has 0 heterocycles. The minimum Gasteiger partial charge on any atom is -0.393 e. The van der Waals surface area contributed by atoms with E-state index < -0.39 is 0 Å². The molecule has 0 amide bonds. The first kappa shape index (κ1) is 15.3. The molecule has 1 aliphatic carbocycles. The average Bonchev–Trinajstić information content (AvgIpc) is 2.34. The van der Waals surface area contributed by atoms with Gasteiger partial charge in [0.1, 0.15) is 0 Å². The first-order chi connectivity index (χ1) is 9.45. The molecule has 3 heteroatoms. The van der Waals surface area contributed by atoms with Crippen molar-refractivity contribution < 1.29 is 5.11 Å². The van der Waals surface area contributed by atoms with E-state index in [4.69, 9.17) is 0 Å². The highest BCUT2D eigenvalue weighted by atomic mass is 16.3. The van der Waals surface area contributed by atoms with Crippen molar-refractivity contribution >= 4 is 5.69 Å². The van der Waals surface area contributed by atoms with Crippen LogP contribution in [0.3, 0.4) is 0 Å². The van der Waals surface area contributed by atoms with Crippen molar-refractivity contribution in [3.63, 3.8) is 0 Å². The van der Waals surface area contributed by atoms with E-state index in [9.17, 15) is 5.11 Å². The fourth-order valence-electron chi connectivity index (χ4n) is 2.88. The van der Waals surface area contributed by atoms with E-state index in [1.54, 1.807) is 0 Å². The van der Waals surface area contributed by atoms with E-state index in [2.05, 4.69) is 56.2 Å². The largest absolute Gasteiger partial charge is 0.393 e. The molecule has 0 aliphatic heterocycles. The molecule has 112 valence electrons. The average molecular weight is 276 g/mol. The zero-order chi connectivity index (χ0) is 14.7. The smallest absolute Gasteiger partial charge is 0.0546 e. The van der Waals surface area contributed by atoms with Gasteiger partial charge in [-0.1, -0.05) is 31.5 Å². The van der Waals surface area contributed by atoms with Crippen LogP contribution < -0.4 is 10.2 Å². The monoisotopic (exact) mass is 276 g/mol. The molecule has 1 saturated carbocycles. The van der Waals surface area contributed by atoms with E-state index in [-0.39, 0.29) is 6.10 Å². The van der Waals surface area contributed by atoms with Gasteiger partial charge in [-0.15, -0.1) is 0 Å². The molecule has 0 aromatic heterocycles. The Morgan fingerprint density at radius 1 is 1.35 bits per heavy atom. The lowest BCUT2D eigenvalue weighted by atomic mass is 9.82. The van der Waals surface area contributed by atoms with Crippen molar-refractivity contribution in [3.8, 4) is 0 Å². The quantitative estimate of drug-likeness (QED) is 0.838. The number of rotatable bonds is 6. The normalized spacial score (nSPS) is 21.9. The van der Waals surface area contributed by atoms with Crippen LogP contribution >= 0.6 is 0 Å². The number of hydrogen-bond donors (Lipinski definition) is 2. The molecule has 2 rings (SSSR count). The van der Waals surface area contributed by atoms with E-state index in [1.807, 2.05) is 0 Å². The summed E-state index contributed by atoms with van der Waals surface area (Å²) in [6.07, 6.45) is 1.85. The molecule has 2 N–H and O–H groups in total. The number of anilines is 1. The van der Waals surface area contributed by atoms with Gasteiger partial charge in [0.25, 0.3) is 0 Å². The Bertz CT molecular complexity index is 439. The maximum absolute atomic E-state index is 9.41. The Labute approximate surface area is 123 Å². The van der Waals surface area contributed by atoms with E-state index >= 15 is 0 Å². The van der Waals surface area contributed by atoms with Gasteiger partial charge in [-0.3, -0.25) is 0 Å². The summed E-state index contributed by atoms with van der Waals surface area (Å²) >= 11 is 0. The van der Waals surface area contributed by atoms with Gasteiger partial charge >= 0.3 is 0 Å². The predicted molar refractivity (Wildman–Crippen MR) is 85.2 cm³/mol. The molecular weight excluding hydrogens is 248 g/mol. The second kappa shape index (κ2) is 6.59. The summed E-state index contributed by atoms with van der Waals surface area (Å²) in [5.74, 6) is 0.641. The minimum absolute atomic E-state index is 0.0616. The number of aliphatic hydroxyl groups excluding tert-OH is 1. The lowest BCUT2D eigenvalue weighted by molar-refractivity contribution is 0.0464. The second-order valence-corrected chi connectivity index (χ2v) is 6.54. The number of nitrogens with one attached hydrogen (secondary N) is 1. The number of hydrogen-bond acceptors (Lipinski definition) is 3. The molecule has 0 saturated heterocycles. The molecule has 1 aromatic carbocycles. The Kier molecular flexibility index (Phi) is 5.06. The van der Waals surface area contributed by atoms with Crippen LogP contribution in [-0.2, 0) is 6.54 Å². The minimum atomic E-state index is -0.0616. The van der Waals surface area contributed by atoms with Crippen molar-refractivity contribution in [2.75, 3.05) is 18.5 Å². The predicted octanol–water partition coefficient (Wildman–Crippen LogP) is 2.70. The van der Waals surface area contributed by atoms with Crippen LogP contribution in [0.15, 0.2) is 18.2 Å². The number of nitrogens with zero attached hydrogens (tertiary/aromatic N) is 1. The zero-order valence-corrected chi connectivity index (χ0v) is 13.2. The third kappa shape index (κ3) is 3.97. The van der Waals surface area contributed by atoms with Gasteiger partial charge in [0.05, 0.1) is 6.10 Å². The first-order valence-electron chi connectivity index (χ1n) is 7.68. The molecule has 0 spiro atoms. The van der Waals surface area contributed by atoms with Gasteiger partial charge in [0.15, 0.2) is 0 Å². The molecule has 0 unspecified atom stereocenters. The Morgan fingerprint density at radius 2 is 2.05 bits per heavy atom. The molecular formula is C17H28N2O. The lowest BCUT2D eigenvalue weighted by Crippen LogP contribution is -2.37. The van der Waals surface area contributed by atoms with Crippen LogP contribution in [-0.4, -0.2) is 30.8 Å². The molecule has 0 atom stereocenters. The van der Waals surface area contributed by atoms with Crippen molar-refractivity contribution in [2.45, 2.75) is 52.3 Å². The van der Waals surface area contributed by atoms with Crippen LogP contribution in [0.25, 0.3) is 0 Å². The highest BCUT2D eigenvalue weighted by molar-refractivity contribution is 5.54. The van der Waals surface area contributed by atoms with E-state index in [1.165, 1.54) is 16.8 Å². The Morgan fingerprint density at radius 3 is 2.65 bits per heavy atom. The van der Waals surface area contributed by atoms with Gasteiger partial charge in [-0.25, -0.2) is 0 Å². The van der Waals surface area contributed by atoms with Gasteiger partial charge in [0.2, 0.25) is 0 Å². The third-order valence-corrected chi connectivity index (χ3v) is 4.09. The van der Waals surface area contributed by atoms with Crippen LogP contribution in [0.1, 0.15) is 37.8 Å². The highest BCUT2D eigenvalue weighted by Crippen LogP contribution is 2.30. The van der Waals surface area contributed by atoms with Gasteiger partial charge in [-0.05, 0) is 37.3 Å². The number of aryl methyl sites for hydroxylation is 1. The summed E-state index contributed by atoms with van der Waals surface area (Å²) in [7, 11) is 2.16. The summed E-state index contributed by atoms with van der Waals surface area (Å²) in [4.78, 5) is 2.34. The molecule has 1 aliphatic rings. The fourth-order valence-corrected chi connectivity index (χ4v) is 2.88. The van der Waals surface area contributed by atoms with Crippen LogP contribution in [0, 0.1) is 12.8 Å². The maximum Gasteiger partial charge on any atom is 0.0546 e. The SMILES string of the molecule is Cc1ccc(N(C)CC2CC(O)C2)c(CNC(C)C)c1. The number of benzene rings is 1. The summed E-state index contributed by atoms with van der Waals surface area (Å²) in [6, 6.07) is 7.18. The van der Waals surface area contributed by atoms with Gasteiger partial charge in [0, 0.05) is 31.9 Å². The van der Waals surface area contributed by atoms with E-state index in [0.717, 1.165) is 25.9 Å². The zero-order valence-electron chi connectivity index (χ0n) is 13.2. The highest BCUT2D eigenvalue weighted by Gasteiger charge is 2.28. The molecule has 1 aromatic rings. The van der Waals surface area contributed by atoms with Crippen LogP contribution in [0.4, 0.5) is 5.69 Å². The standard InChI is InChI=1S/C17H28N2O/c1-12(2)18-10-15-7-13(3)5-6-17(15)19(4)11-14-8-16(20)9-14/h5-7,12,14,16,18,20H,8-11H2,1-4H3. The first-order valence-corrected chi connectivity index (χ1v) is 7.68. The third-order valence-electron chi connectivity index (χ3n) is 4.09. The van der Waals surface area contributed by atoms with Crippen LogP contribution in [0.2, 0.25) is 0 Å². The molecule has 3 nitrogen and oxygen atoms in total. The summed E-state index contributed by atoms with van der Waals surface area (Å²) in [5, 5.41) is 12.9. The summed E-state index contributed by atoms with van der Waals surface area (Å²) < 4.78 is 0. The summed E-state index contributed by atoms with van der Waals surface area (Å²) in [6.45, 7) is 8.44. The van der Waals surface area contributed by atoms with Gasteiger partial charge < -0.3 is 15.3 Å². The van der Waals surface area contributed by atoms with E-state index in [0.29, 0.717) is 12.0 Å². The second-order valence-electron chi connectivity index (χ2n) is 6.54. The van der Waals surface area contributed by atoms with Crippen LogP contribution in [0.5, 0.6) is 0 Å². The molecule has 0 radical (unpaired) electrons. The molecule has 1 fully saturated rings. The Hall–Kier alpha value is -1.06. The Balaban J connectivity index is 2.04. The topological polar surface area (TPSA) is 35.5 Å². The lowest BCUT2D eigenvalue weighted by Gasteiger charge is -2.36. The number of aliphatic hydroxyl groups is 1. The molecule has 20 heavy (non-hydrogen) atoms. The summed E-state index contributed by atoms with van der Waals surface area (Å²) in [5.41, 5.74) is 3.98. The van der Waals surface area contributed by atoms with Crippen molar-refractivity contribution in [1.82, 2.24) is 5.32 Å².